The van der Waals surface area contributed by atoms with E-state index in [9.17, 15) is 27.2 Å². The first-order chi connectivity index (χ1) is 16.5. The van der Waals surface area contributed by atoms with Gasteiger partial charge < -0.3 is 5.11 Å². The van der Waals surface area contributed by atoms with E-state index in [2.05, 4.69) is 5.10 Å². The Kier molecular flexibility index (Phi) is 5.71. The Morgan fingerprint density at radius 3 is 2.54 bits per heavy atom. The van der Waals surface area contributed by atoms with Gasteiger partial charge in [-0.05, 0) is 61.3 Å². The summed E-state index contributed by atoms with van der Waals surface area (Å²) >= 11 is 7.65. The topological polar surface area (TPSA) is 72.2 Å². The van der Waals surface area contributed by atoms with Crippen molar-refractivity contribution in [3.63, 3.8) is 0 Å². The predicted octanol–water partition coefficient (Wildman–Crippen LogP) is 6.36. The van der Waals surface area contributed by atoms with Crippen molar-refractivity contribution in [2.45, 2.75) is 42.2 Å². The molecular formula is C24H17ClF4N2O3S. The number of thioether (sulfide) groups is 1. The van der Waals surface area contributed by atoms with Crippen LogP contribution < -0.4 is 0 Å². The number of alkyl halides is 3. The van der Waals surface area contributed by atoms with Crippen molar-refractivity contribution in [2.24, 2.45) is 0 Å². The third-order valence-corrected chi connectivity index (χ3v) is 7.96. The first kappa shape index (κ1) is 23.9. The quantitative estimate of drug-likeness (QED) is 0.402. The molecule has 0 bridgehead atoms. The number of aromatic carboxylic acids is 1. The van der Waals surface area contributed by atoms with Crippen LogP contribution in [0.3, 0.4) is 0 Å². The SMILES string of the molecule is O=C(O)c1ccc(-c2nn(C(=O)c3c(Cl)cccc3C3(C(F)(F)F)CC3)c3c2SCCC3)c(F)c1. The summed E-state index contributed by atoms with van der Waals surface area (Å²) in [6.45, 7) is 0. The van der Waals surface area contributed by atoms with Gasteiger partial charge in [-0.3, -0.25) is 4.79 Å². The first-order valence-electron chi connectivity index (χ1n) is 10.7. The number of carboxylic acid groups (broad SMARTS) is 1. The second-order valence-corrected chi connectivity index (χ2v) is 10.0. The molecule has 0 amide bonds. The van der Waals surface area contributed by atoms with E-state index < -0.39 is 29.3 Å². The van der Waals surface area contributed by atoms with Crippen LogP contribution in [0.15, 0.2) is 41.3 Å². The van der Waals surface area contributed by atoms with Crippen LogP contribution in [-0.4, -0.2) is 38.7 Å². The van der Waals surface area contributed by atoms with Gasteiger partial charge in [0.1, 0.15) is 11.5 Å². The summed E-state index contributed by atoms with van der Waals surface area (Å²) in [5, 5.41) is 13.3. The highest BCUT2D eigenvalue weighted by Gasteiger charge is 2.65. The molecule has 0 atom stereocenters. The van der Waals surface area contributed by atoms with Crippen molar-refractivity contribution in [3.8, 4) is 11.3 Å². The fourth-order valence-corrected chi connectivity index (χ4v) is 5.88. The lowest BCUT2D eigenvalue weighted by Crippen LogP contribution is -2.32. The fourth-order valence-electron chi connectivity index (χ4n) is 4.48. The molecule has 1 N–H and O–H groups in total. The van der Waals surface area contributed by atoms with Crippen LogP contribution in [0.2, 0.25) is 5.02 Å². The summed E-state index contributed by atoms with van der Waals surface area (Å²) in [6, 6.07) is 7.39. The van der Waals surface area contributed by atoms with Crippen molar-refractivity contribution < 1.29 is 32.3 Å². The molecule has 0 radical (unpaired) electrons. The van der Waals surface area contributed by atoms with Gasteiger partial charge in [0.25, 0.3) is 5.91 Å². The Labute approximate surface area is 206 Å². The normalized spacial score (nSPS) is 16.6. The third-order valence-electron chi connectivity index (χ3n) is 6.44. The molecule has 1 fully saturated rings. The van der Waals surface area contributed by atoms with Gasteiger partial charge in [-0.15, -0.1) is 11.8 Å². The number of hydrogen-bond donors (Lipinski definition) is 1. The zero-order valence-corrected chi connectivity index (χ0v) is 19.5. The van der Waals surface area contributed by atoms with E-state index in [1.807, 2.05) is 0 Å². The Hall–Kier alpha value is -2.85. The van der Waals surface area contributed by atoms with E-state index in [0.29, 0.717) is 29.2 Å². The number of nitrogens with zero attached hydrogens (tertiary/aromatic N) is 2. The van der Waals surface area contributed by atoms with Gasteiger partial charge in [0, 0.05) is 5.56 Å². The average Bonchev–Trinajstić information content (AvgIpc) is 3.55. The smallest absolute Gasteiger partial charge is 0.398 e. The van der Waals surface area contributed by atoms with E-state index in [1.165, 1.54) is 42.1 Å². The summed E-state index contributed by atoms with van der Waals surface area (Å²) in [6.07, 6.45) is -3.72. The molecule has 1 aliphatic carbocycles. The average molecular weight is 525 g/mol. The molecule has 2 heterocycles. The third kappa shape index (κ3) is 3.83. The van der Waals surface area contributed by atoms with Gasteiger partial charge in [-0.2, -0.15) is 23.0 Å². The van der Waals surface area contributed by atoms with Gasteiger partial charge >= 0.3 is 12.1 Å². The minimum atomic E-state index is -4.55. The van der Waals surface area contributed by atoms with Gasteiger partial charge in [0.15, 0.2) is 0 Å². The lowest BCUT2D eigenvalue weighted by atomic mass is 9.90. The Morgan fingerprint density at radius 2 is 1.91 bits per heavy atom. The van der Waals surface area contributed by atoms with Crippen LogP contribution in [0.25, 0.3) is 11.3 Å². The Bertz CT molecular complexity index is 1380. The van der Waals surface area contributed by atoms with Gasteiger partial charge in [0.05, 0.1) is 32.2 Å². The second kappa shape index (κ2) is 8.37. The number of benzene rings is 2. The van der Waals surface area contributed by atoms with Crippen LogP contribution in [0.5, 0.6) is 0 Å². The molecule has 2 aliphatic rings. The van der Waals surface area contributed by atoms with E-state index in [0.717, 1.165) is 10.7 Å². The van der Waals surface area contributed by atoms with E-state index in [1.54, 1.807) is 0 Å². The molecular weight excluding hydrogens is 508 g/mol. The number of carboxylic acids is 1. The molecule has 182 valence electrons. The first-order valence-corrected chi connectivity index (χ1v) is 12.1. The molecule has 35 heavy (non-hydrogen) atoms. The van der Waals surface area contributed by atoms with Gasteiger partial charge in [0.2, 0.25) is 0 Å². The fraction of sp³-hybridized carbons (Fsp3) is 0.292. The van der Waals surface area contributed by atoms with Crippen LogP contribution in [0.4, 0.5) is 17.6 Å². The molecule has 5 nitrogen and oxygen atoms in total. The molecule has 0 saturated heterocycles. The highest BCUT2D eigenvalue weighted by molar-refractivity contribution is 7.99. The van der Waals surface area contributed by atoms with Gasteiger partial charge in [-0.1, -0.05) is 23.7 Å². The molecule has 3 aromatic rings. The lowest BCUT2D eigenvalue weighted by molar-refractivity contribution is -0.160. The zero-order valence-electron chi connectivity index (χ0n) is 18.0. The number of hydrogen-bond acceptors (Lipinski definition) is 4. The van der Waals surface area contributed by atoms with Crippen molar-refractivity contribution in [3.05, 3.63) is 69.6 Å². The monoisotopic (exact) mass is 524 g/mol. The molecule has 11 heteroatoms. The highest BCUT2D eigenvalue weighted by Crippen LogP contribution is 2.60. The predicted molar refractivity (Wildman–Crippen MR) is 122 cm³/mol. The number of carbonyl (C=O) groups is 2. The van der Waals surface area contributed by atoms with Crippen LogP contribution in [0, 0.1) is 5.82 Å². The molecule has 0 spiro atoms. The van der Waals surface area contributed by atoms with E-state index in [4.69, 9.17) is 16.7 Å². The van der Waals surface area contributed by atoms with Crippen molar-refractivity contribution in [1.29, 1.82) is 0 Å². The lowest BCUT2D eigenvalue weighted by Gasteiger charge is -2.23. The molecule has 2 aromatic carbocycles. The van der Waals surface area contributed by atoms with E-state index in [-0.39, 0.29) is 45.8 Å². The number of halogens is 5. The number of aromatic nitrogens is 2. The molecule has 5 rings (SSSR count). The summed E-state index contributed by atoms with van der Waals surface area (Å²) in [7, 11) is 0. The molecule has 1 aliphatic heterocycles. The highest BCUT2D eigenvalue weighted by atomic mass is 35.5. The molecule has 1 aromatic heterocycles. The van der Waals surface area contributed by atoms with Crippen LogP contribution in [-0.2, 0) is 11.8 Å². The summed E-state index contributed by atoms with van der Waals surface area (Å²) in [4.78, 5) is 25.4. The number of fused-ring (bicyclic) bond motifs is 1. The van der Waals surface area contributed by atoms with E-state index >= 15 is 0 Å². The van der Waals surface area contributed by atoms with Crippen LogP contribution in [0.1, 0.15) is 51.2 Å². The molecule has 0 unspecified atom stereocenters. The van der Waals surface area contributed by atoms with Crippen molar-refractivity contribution in [1.82, 2.24) is 9.78 Å². The van der Waals surface area contributed by atoms with Gasteiger partial charge in [-0.25, -0.2) is 9.18 Å². The standard InChI is InChI=1S/C24H17ClF4N2O3S/c25-15-4-1-3-14(23(8-9-23)24(27,28)29)18(15)21(32)31-17-5-2-10-35-20(17)19(30-31)13-7-6-12(22(33)34)11-16(13)26/h1,3-4,6-7,11H,2,5,8-10H2,(H,33,34). The second-order valence-electron chi connectivity index (χ2n) is 8.54. The van der Waals surface area contributed by atoms with Crippen LogP contribution >= 0.6 is 23.4 Å². The maximum Gasteiger partial charge on any atom is 0.398 e. The Morgan fingerprint density at radius 1 is 1.17 bits per heavy atom. The zero-order chi connectivity index (χ0) is 25.1. The summed E-state index contributed by atoms with van der Waals surface area (Å²) < 4.78 is 57.7. The summed E-state index contributed by atoms with van der Waals surface area (Å²) in [5.41, 5.74) is -2.23. The molecule has 1 saturated carbocycles. The number of carbonyl (C=O) groups excluding carboxylic acids is 1. The maximum atomic E-state index is 14.9. The largest absolute Gasteiger partial charge is 0.478 e. The van der Waals surface area contributed by atoms with Crippen molar-refractivity contribution in [2.75, 3.05) is 5.75 Å². The number of rotatable bonds is 4. The Balaban J connectivity index is 1.66. The minimum absolute atomic E-state index is 0.000497. The summed E-state index contributed by atoms with van der Waals surface area (Å²) in [5.74, 6) is -2.25. The van der Waals surface area contributed by atoms with Crippen molar-refractivity contribution >= 4 is 35.2 Å². The maximum absolute atomic E-state index is 14.9. The minimum Gasteiger partial charge on any atom is -0.478 e.